The van der Waals surface area contributed by atoms with Crippen molar-refractivity contribution in [3.05, 3.63) is 28.8 Å². The van der Waals surface area contributed by atoms with Gasteiger partial charge in [-0.2, -0.15) is 0 Å². The number of hydrogen-bond acceptors (Lipinski definition) is 4. The van der Waals surface area contributed by atoms with Crippen LogP contribution >= 0.6 is 22.6 Å². The van der Waals surface area contributed by atoms with Crippen LogP contribution < -0.4 is 10.1 Å². The normalized spacial score (nSPS) is 11.3. The van der Waals surface area contributed by atoms with Gasteiger partial charge in [0.15, 0.2) is 17.4 Å². The Morgan fingerprint density at radius 2 is 2.12 bits per heavy atom. The van der Waals surface area contributed by atoms with Gasteiger partial charge < -0.3 is 14.8 Å². The minimum Gasteiger partial charge on any atom is -0.475 e. The van der Waals surface area contributed by atoms with Crippen LogP contribution in [0.15, 0.2) is 6.07 Å². The first-order valence-electron chi connectivity index (χ1n) is 7.00. The number of halogens is 3. The van der Waals surface area contributed by atoms with Crippen molar-refractivity contribution in [1.29, 1.82) is 0 Å². The number of ether oxygens (including phenoxy) is 2. The molecule has 0 saturated carbocycles. The predicted octanol–water partition coefficient (Wildman–Crippen LogP) is 2.59. The van der Waals surface area contributed by atoms with Crippen LogP contribution in [-0.4, -0.2) is 29.1 Å². The van der Waals surface area contributed by atoms with Gasteiger partial charge in [0.1, 0.15) is 17.3 Å². The zero-order chi connectivity index (χ0) is 18.3. The summed E-state index contributed by atoms with van der Waals surface area (Å²) in [6.07, 6.45) is 5.12. The standard InChI is InChI=1S/C16H16F2INO4/c1-4-6-23-15-12(17)7-11(10(5-2)14(15)18)16(22)20-8-13(21)24-9(3)19/h1,7,9H,5-6,8H2,2-3H3,(H,20,22). The Morgan fingerprint density at radius 1 is 1.46 bits per heavy atom. The summed E-state index contributed by atoms with van der Waals surface area (Å²) in [7, 11) is 0. The van der Waals surface area contributed by atoms with Crippen LogP contribution in [0.4, 0.5) is 8.78 Å². The van der Waals surface area contributed by atoms with Gasteiger partial charge in [0.2, 0.25) is 0 Å². The van der Waals surface area contributed by atoms with E-state index in [1.54, 1.807) is 13.8 Å². The maximum absolute atomic E-state index is 14.3. The molecule has 0 spiro atoms. The van der Waals surface area contributed by atoms with Gasteiger partial charge in [0.25, 0.3) is 5.91 Å². The summed E-state index contributed by atoms with van der Waals surface area (Å²) in [5, 5.41) is 2.27. The molecule has 1 unspecified atom stereocenters. The number of nitrogens with one attached hydrogen (secondary N) is 1. The van der Waals surface area contributed by atoms with Crippen molar-refractivity contribution in [2.75, 3.05) is 13.2 Å². The van der Waals surface area contributed by atoms with Crippen molar-refractivity contribution < 1.29 is 27.8 Å². The molecular formula is C16H16F2INO4. The van der Waals surface area contributed by atoms with Crippen LogP contribution in [0.5, 0.6) is 5.75 Å². The first-order chi connectivity index (χ1) is 11.3. The fourth-order valence-electron chi connectivity index (χ4n) is 1.90. The van der Waals surface area contributed by atoms with Crippen LogP contribution in [0, 0.1) is 24.0 Å². The Bertz CT molecular complexity index is 671. The summed E-state index contributed by atoms with van der Waals surface area (Å²) in [4.78, 5) is 23.5. The lowest BCUT2D eigenvalue weighted by molar-refractivity contribution is -0.142. The summed E-state index contributed by atoms with van der Waals surface area (Å²) >= 11 is 1.88. The van der Waals surface area contributed by atoms with E-state index in [1.807, 2.05) is 22.6 Å². The van der Waals surface area contributed by atoms with Crippen LogP contribution in [0.2, 0.25) is 0 Å². The summed E-state index contributed by atoms with van der Waals surface area (Å²) in [5.41, 5.74) is -0.243. The van der Waals surface area contributed by atoms with Crippen molar-refractivity contribution in [3.63, 3.8) is 0 Å². The lowest BCUT2D eigenvalue weighted by Crippen LogP contribution is -2.32. The van der Waals surface area contributed by atoms with Crippen molar-refractivity contribution in [2.24, 2.45) is 0 Å². The molecule has 130 valence electrons. The SMILES string of the molecule is C#CCOc1c(F)cc(C(=O)NCC(=O)OC(C)I)c(CC)c1F. The highest BCUT2D eigenvalue weighted by Crippen LogP contribution is 2.28. The van der Waals surface area contributed by atoms with E-state index in [-0.39, 0.29) is 28.3 Å². The highest BCUT2D eigenvalue weighted by atomic mass is 127. The third kappa shape index (κ3) is 5.33. The molecule has 0 fully saturated rings. The molecule has 0 saturated heterocycles. The average Bonchev–Trinajstić information content (AvgIpc) is 2.51. The Hall–Kier alpha value is -1.89. The maximum atomic E-state index is 14.3. The number of rotatable bonds is 7. The van der Waals surface area contributed by atoms with E-state index in [0.29, 0.717) is 0 Å². The van der Waals surface area contributed by atoms with E-state index in [1.165, 1.54) is 0 Å². The average molecular weight is 451 g/mol. The van der Waals surface area contributed by atoms with Gasteiger partial charge in [-0.3, -0.25) is 9.59 Å². The van der Waals surface area contributed by atoms with Crippen LogP contribution in [0.1, 0.15) is 29.8 Å². The Balaban J connectivity index is 3.00. The van der Waals surface area contributed by atoms with Crippen molar-refractivity contribution in [3.8, 4) is 18.1 Å². The first kappa shape index (κ1) is 20.2. The second-order valence-corrected chi connectivity index (χ2v) is 6.34. The number of benzene rings is 1. The van der Waals surface area contributed by atoms with E-state index >= 15 is 0 Å². The molecule has 1 amide bonds. The summed E-state index contributed by atoms with van der Waals surface area (Å²) in [6.45, 7) is 2.54. The number of amides is 1. The highest BCUT2D eigenvalue weighted by molar-refractivity contribution is 14.1. The minimum atomic E-state index is -1.05. The maximum Gasteiger partial charge on any atom is 0.326 e. The van der Waals surface area contributed by atoms with Gasteiger partial charge in [-0.05, 0) is 42.0 Å². The molecule has 0 bridgehead atoms. The number of carbonyl (C=O) groups excluding carboxylic acids is 2. The molecule has 1 N–H and O–H groups in total. The molecule has 0 radical (unpaired) electrons. The Morgan fingerprint density at radius 3 is 2.67 bits per heavy atom. The molecule has 1 atom stereocenters. The lowest BCUT2D eigenvalue weighted by Gasteiger charge is -2.14. The number of alkyl halides is 1. The molecule has 1 aromatic rings. The lowest BCUT2D eigenvalue weighted by atomic mass is 10.0. The van der Waals surface area contributed by atoms with E-state index in [4.69, 9.17) is 15.9 Å². The Kier molecular flexibility index (Phi) is 7.91. The highest BCUT2D eigenvalue weighted by Gasteiger charge is 2.23. The van der Waals surface area contributed by atoms with E-state index in [2.05, 4.69) is 11.2 Å². The molecule has 0 heterocycles. The molecule has 1 rings (SSSR count). The van der Waals surface area contributed by atoms with E-state index in [9.17, 15) is 18.4 Å². The zero-order valence-electron chi connectivity index (χ0n) is 13.1. The number of esters is 1. The first-order valence-corrected chi connectivity index (χ1v) is 8.25. The van der Waals surface area contributed by atoms with Gasteiger partial charge in [-0.1, -0.05) is 12.8 Å². The fourth-order valence-corrected chi connectivity index (χ4v) is 2.19. The van der Waals surface area contributed by atoms with Gasteiger partial charge >= 0.3 is 5.97 Å². The molecule has 8 heteroatoms. The van der Waals surface area contributed by atoms with Crippen LogP contribution in [0.3, 0.4) is 0 Å². The predicted molar refractivity (Wildman–Crippen MR) is 92.0 cm³/mol. The van der Waals surface area contributed by atoms with Crippen LogP contribution in [-0.2, 0) is 16.0 Å². The van der Waals surface area contributed by atoms with E-state index in [0.717, 1.165) is 6.07 Å². The van der Waals surface area contributed by atoms with Gasteiger partial charge in [-0.15, -0.1) is 6.42 Å². The van der Waals surface area contributed by atoms with Crippen molar-refractivity contribution >= 4 is 34.5 Å². The van der Waals surface area contributed by atoms with Gasteiger partial charge in [-0.25, -0.2) is 8.78 Å². The third-order valence-corrected chi connectivity index (χ3v) is 3.12. The van der Waals surface area contributed by atoms with Gasteiger partial charge in [0, 0.05) is 11.1 Å². The van der Waals surface area contributed by atoms with Crippen molar-refractivity contribution in [2.45, 2.75) is 24.4 Å². The quantitative estimate of drug-likeness (QED) is 0.300. The minimum absolute atomic E-state index is 0.0310. The summed E-state index contributed by atoms with van der Waals surface area (Å²) in [5.74, 6) is -1.99. The van der Waals surface area contributed by atoms with E-state index < -0.39 is 35.8 Å². The molecule has 5 nitrogen and oxygen atoms in total. The number of hydrogen-bond donors (Lipinski definition) is 1. The number of terminal acetylenes is 1. The molecule has 0 aliphatic heterocycles. The zero-order valence-corrected chi connectivity index (χ0v) is 15.3. The monoisotopic (exact) mass is 451 g/mol. The number of carbonyl (C=O) groups is 2. The molecule has 0 aromatic heterocycles. The summed E-state index contributed by atoms with van der Waals surface area (Å²) < 4.78 is 37.7. The third-order valence-electron chi connectivity index (χ3n) is 2.86. The molecule has 24 heavy (non-hydrogen) atoms. The molecule has 0 aliphatic rings. The second kappa shape index (κ2) is 9.42. The van der Waals surface area contributed by atoms with Gasteiger partial charge in [0.05, 0.1) is 0 Å². The molecular weight excluding hydrogens is 435 g/mol. The van der Waals surface area contributed by atoms with Crippen LogP contribution in [0.25, 0.3) is 0 Å². The summed E-state index contributed by atoms with van der Waals surface area (Å²) in [6, 6.07) is 0.857. The largest absolute Gasteiger partial charge is 0.475 e. The molecule has 1 aromatic carbocycles. The second-order valence-electron chi connectivity index (χ2n) is 4.59. The van der Waals surface area contributed by atoms with Crippen molar-refractivity contribution in [1.82, 2.24) is 5.32 Å². The Labute approximate surface area is 152 Å². The molecule has 0 aliphatic carbocycles. The topological polar surface area (TPSA) is 64.6 Å². The smallest absolute Gasteiger partial charge is 0.326 e. The fraction of sp³-hybridized carbons (Fsp3) is 0.375.